The van der Waals surface area contributed by atoms with Gasteiger partial charge in [0.2, 0.25) is 0 Å². The molecule has 1 unspecified atom stereocenters. The third-order valence-corrected chi connectivity index (χ3v) is 4.34. The summed E-state index contributed by atoms with van der Waals surface area (Å²) in [4.78, 5) is 2.45. The van der Waals surface area contributed by atoms with Gasteiger partial charge in [-0.15, -0.1) is 5.10 Å². The molecule has 1 atom stereocenters. The van der Waals surface area contributed by atoms with Crippen LogP contribution in [-0.2, 0) is 6.54 Å². The first-order valence-electron chi connectivity index (χ1n) is 6.72. The SMILES string of the molecule is CCCCN(Cc1nnsc1Cl)CC1CCCN1. The van der Waals surface area contributed by atoms with Crippen molar-refractivity contribution < 1.29 is 0 Å². The van der Waals surface area contributed by atoms with Gasteiger partial charge in [0.25, 0.3) is 0 Å². The van der Waals surface area contributed by atoms with E-state index in [-0.39, 0.29) is 0 Å². The summed E-state index contributed by atoms with van der Waals surface area (Å²) in [5, 5.41) is 7.66. The minimum absolute atomic E-state index is 0.632. The highest BCUT2D eigenvalue weighted by Crippen LogP contribution is 2.19. The van der Waals surface area contributed by atoms with E-state index in [2.05, 4.69) is 26.7 Å². The van der Waals surface area contributed by atoms with Crippen molar-refractivity contribution in [3.8, 4) is 0 Å². The van der Waals surface area contributed by atoms with Gasteiger partial charge in [-0.2, -0.15) is 0 Å². The first kappa shape index (κ1) is 14.2. The number of hydrogen-bond donors (Lipinski definition) is 1. The lowest BCUT2D eigenvalue weighted by molar-refractivity contribution is 0.235. The van der Waals surface area contributed by atoms with Gasteiger partial charge >= 0.3 is 0 Å². The molecule has 0 aliphatic carbocycles. The molecule has 102 valence electrons. The Labute approximate surface area is 118 Å². The fraction of sp³-hybridized carbons (Fsp3) is 0.833. The number of halogens is 1. The summed E-state index contributed by atoms with van der Waals surface area (Å²) in [6.07, 6.45) is 5.02. The van der Waals surface area contributed by atoms with Crippen LogP contribution in [0.15, 0.2) is 0 Å². The van der Waals surface area contributed by atoms with Crippen molar-refractivity contribution in [3.63, 3.8) is 0 Å². The van der Waals surface area contributed by atoms with E-state index in [1.165, 1.54) is 37.2 Å². The van der Waals surface area contributed by atoms with Crippen molar-refractivity contribution in [1.82, 2.24) is 19.8 Å². The van der Waals surface area contributed by atoms with Crippen LogP contribution in [-0.4, -0.2) is 40.2 Å². The van der Waals surface area contributed by atoms with E-state index in [4.69, 9.17) is 11.6 Å². The van der Waals surface area contributed by atoms with Gasteiger partial charge in [-0.25, -0.2) is 0 Å². The zero-order chi connectivity index (χ0) is 12.8. The minimum atomic E-state index is 0.632. The molecule has 1 aliphatic heterocycles. The molecule has 1 fully saturated rings. The Morgan fingerprint density at radius 1 is 1.56 bits per heavy atom. The van der Waals surface area contributed by atoms with Crippen LogP contribution < -0.4 is 5.32 Å². The molecule has 18 heavy (non-hydrogen) atoms. The molecule has 1 aliphatic rings. The van der Waals surface area contributed by atoms with E-state index in [0.29, 0.717) is 6.04 Å². The number of aromatic nitrogens is 2. The maximum Gasteiger partial charge on any atom is 0.138 e. The quantitative estimate of drug-likeness (QED) is 0.837. The summed E-state index contributed by atoms with van der Waals surface area (Å²) in [6.45, 7) is 6.42. The molecule has 2 rings (SSSR count). The van der Waals surface area contributed by atoms with Crippen LogP contribution in [0.2, 0.25) is 4.34 Å². The number of hydrogen-bond acceptors (Lipinski definition) is 5. The molecule has 0 bridgehead atoms. The van der Waals surface area contributed by atoms with Crippen LogP contribution in [0.3, 0.4) is 0 Å². The third-order valence-electron chi connectivity index (χ3n) is 3.35. The smallest absolute Gasteiger partial charge is 0.138 e. The highest BCUT2D eigenvalue weighted by Gasteiger charge is 2.19. The van der Waals surface area contributed by atoms with Gasteiger partial charge in [0.15, 0.2) is 0 Å². The molecule has 1 aromatic rings. The molecule has 4 nitrogen and oxygen atoms in total. The minimum Gasteiger partial charge on any atom is -0.313 e. The van der Waals surface area contributed by atoms with Crippen molar-refractivity contribution in [3.05, 3.63) is 10.0 Å². The first-order chi connectivity index (χ1) is 8.79. The van der Waals surface area contributed by atoms with Gasteiger partial charge in [0.1, 0.15) is 10.0 Å². The fourth-order valence-corrected chi connectivity index (χ4v) is 2.96. The molecule has 0 aromatic carbocycles. The average Bonchev–Trinajstić information content (AvgIpc) is 2.99. The molecule has 1 N–H and O–H groups in total. The van der Waals surface area contributed by atoms with Gasteiger partial charge in [0, 0.05) is 30.7 Å². The van der Waals surface area contributed by atoms with Crippen LogP contribution in [0.5, 0.6) is 0 Å². The zero-order valence-electron chi connectivity index (χ0n) is 10.9. The second-order valence-corrected chi connectivity index (χ2v) is 6.23. The summed E-state index contributed by atoms with van der Waals surface area (Å²) >= 11 is 7.36. The molecule has 6 heteroatoms. The predicted octanol–water partition coefficient (Wildman–Crippen LogP) is 2.55. The summed E-state index contributed by atoms with van der Waals surface area (Å²) in [7, 11) is 0. The molecule has 1 aromatic heterocycles. The van der Waals surface area contributed by atoms with E-state index in [1.54, 1.807) is 0 Å². The summed E-state index contributed by atoms with van der Waals surface area (Å²) < 4.78 is 4.64. The number of unbranched alkanes of at least 4 members (excludes halogenated alkanes) is 1. The van der Waals surface area contributed by atoms with Gasteiger partial charge < -0.3 is 5.32 Å². The number of nitrogens with one attached hydrogen (secondary N) is 1. The first-order valence-corrected chi connectivity index (χ1v) is 7.87. The van der Waals surface area contributed by atoms with Crippen molar-refractivity contribution in [1.29, 1.82) is 0 Å². The molecular formula is C12H21ClN4S. The molecule has 0 saturated carbocycles. The van der Waals surface area contributed by atoms with Crippen molar-refractivity contribution >= 4 is 23.1 Å². The third kappa shape index (κ3) is 4.16. The van der Waals surface area contributed by atoms with Gasteiger partial charge in [-0.1, -0.05) is 29.4 Å². The zero-order valence-corrected chi connectivity index (χ0v) is 12.4. The lowest BCUT2D eigenvalue weighted by Crippen LogP contribution is -2.37. The highest BCUT2D eigenvalue weighted by atomic mass is 35.5. The van der Waals surface area contributed by atoms with Crippen LogP contribution in [0.25, 0.3) is 0 Å². The Bertz CT molecular complexity index is 352. The van der Waals surface area contributed by atoms with E-state index in [9.17, 15) is 0 Å². The summed E-state index contributed by atoms with van der Waals surface area (Å²) in [5.74, 6) is 0. The Morgan fingerprint density at radius 2 is 2.44 bits per heavy atom. The van der Waals surface area contributed by atoms with Gasteiger partial charge in [0.05, 0.1) is 0 Å². The van der Waals surface area contributed by atoms with E-state index >= 15 is 0 Å². The second kappa shape index (κ2) is 7.38. The average molecular weight is 289 g/mol. The Balaban J connectivity index is 1.89. The summed E-state index contributed by atoms with van der Waals surface area (Å²) in [6, 6.07) is 0.632. The molecular weight excluding hydrogens is 268 g/mol. The van der Waals surface area contributed by atoms with Gasteiger partial charge in [-0.05, 0) is 32.4 Å². The highest BCUT2D eigenvalue weighted by molar-refractivity contribution is 7.10. The Hall–Kier alpha value is -0.230. The molecule has 0 amide bonds. The van der Waals surface area contributed by atoms with Crippen LogP contribution in [0, 0.1) is 0 Å². The monoisotopic (exact) mass is 288 g/mol. The maximum absolute atomic E-state index is 6.09. The number of rotatable bonds is 7. The Morgan fingerprint density at radius 3 is 3.06 bits per heavy atom. The van der Waals surface area contributed by atoms with Crippen molar-refractivity contribution in [2.75, 3.05) is 19.6 Å². The Kier molecular flexibility index (Phi) is 5.82. The van der Waals surface area contributed by atoms with E-state index < -0.39 is 0 Å². The fourth-order valence-electron chi connectivity index (χ4n) is 2.34. The lowest BCUT2D eigenvalue weighted by Gasteiger charge is -2.24. The van der Waals surface area contributed by atoms with Crippen molar-refractivity contribution in [2.24, 2.45) is 0 Å². The van der Waals surface area contributed by atoms with E-state index in [0.717, 1.165) is 36.2 Å². The molecule has 2 heterocycles. The van der Waals surface area contributed by atoms with Crippen LogP contribution in [0.1, 0.15) is 38.3 Å². The lowest BCUT2D eigenvalue weighted by atomic mass is 10.2. The molecule has 0 spiro atoms. The standard InChI is InChI=1S/C12H21ClN4S/c1-2-3-7-17(8-10-5-4-6-14-10)9-11-12(13)18-16-15-11/h10,14H,2-9H2,1H3. The normalized spacial score (nSPS) is 19.8. The molecule has 1 saturated heterocycles. The van der Waals surface area contributed by atoms with Crippen LogP contribution >= 0.6 is 23.1 Å². The van der Waals surface area contributed by atoms with Crippen LogP contribution in [0.4, 0.5) is 0 Å². The molecule has 0 radical (unpaired) electrons. The maximum atomic E-state index is 6.09. The van der Waals surface area contributed by atoms with E-state index in [1.807, 2.05) is 0 Å². The summed E-state index contributed by atoms with van der Waals surface area (Å²) in [5.41, 5.74) is 0.927. The predicted molar refractivity (Wildman–Crippen MR) is 76.1 cm³/mol. The van der Waals surface area contributed by atoms with Crippen molar-refractivity contribution in [2.45, 2.75) is 45.2 Å². The second-order valence-electron chi connectivity index (χ2n) is 4.88. The largest absolute Gasteiger partial charge is 0.313 e. The van der Waals surface area contributed by atoms with Gasteiger partial charge in [-0.3, -0.25) is 4.90 Å². The topological polar surface area (TPSA) is 41.1 Å². The number of nitrogens with zero attached hydrogens (tertiary/aromatic N) is 3.